The van der Waals surface area contributed by atoms with Crippen molar-refractivity contribution in [1.82, 2.24) is 5.32 Å². The fourth-order valence-electron chi connectivity index (χ4n) is 2.86. The van der Waals surface area contributed by atoms with E-state index in [9.17, 15) is 9.59 Å². The van der Waals surface area contributed by atoms with Crippen LogP contribution in [0, 0.1) is 13.8 Å². The molecule has 1 amide bonds. The van der Waals surface area contributed by atoms with Crippen LogP contribution in [0.2, 0.25) is 0 Å². The molecular weight excluding hydrogens is 334 g/mol. The van der Waals surface area contributed by atoms with Crippen LogP contribution in [0.4, 0.5) is 0 Å². The van der Waals surface area contributed by atoms with Crippen molar-refractivity contribution >= 4 is 11.9 Å². The van der Waals surface area contributed by atoms with Gasteiger partial charge in [0.2, 0.25) is 6.79 Å². The molecule has 6 nitrogen and oxygen atoms in total. The van der Waals surface area contributed by atoms with Gasteiger partial charge in [-0.2, -0.15) is 0 Å². The Kier molecular flexibility index (Phi) is 5.11. The van der Waals surface area contributed by atoms with Gasteiger partial charge in [0.25, 0.3) is 5.91 Å². The summed E-state index contributed by atoms with van der Waals surface area (Å²) in [7, 11) is 0. The molecule has 1 aliphatic heterocycles. The first-order chi connectivity index (χ1) is 12.4. The number of ether oxygens (including phenoxy) is 3. The second-order valence-electron chi connectivity index (χ2n) is 6.35. The van der Waals surface area contributed by atoms with Crippen molar-refractivity contribution in [2.75, 3.05) is 13.4 Å². The second-order valence-corrected chi connectivity index (χ2v) is 6.35. The van der Waals surface area contributed by atoms with Gasteiger partial charge in [-0.05, 0) is 50.6 Å². The van der Waals surface area contributed by atoms with Crippen LogP contribution in [-0.4, -0.2) is 25.3 Å². The number of hydrogen-bond acceptors (Lipinski definition) is 5. The number of fused-ring (bicyclic) bond motifs is 1. The quantitative estimate of drug-likeness (QED) is 0.835. The van der Waals surface area contributed by atoms with Gasteiger partial charge in [0.15, 0.2) is 18.1 Å². The maximum atomic E-state index is 12.1. The number of benzene rings is 2. The summed E-state index contributed by atoms with van der Waals surface area (Å²) < 4.78 is 15.7. The third-order valence-electron chi connectivity index (χ3n) is 4.07. The molecule has 0 fully saturated rings. The molecule has 2 aromatic carbocycles. The summed E-state index contributed by atoms with van der Waals surface area (Å²) >= 11 is 0. The summed E-state index contributed by atoms with van der Waals surface area (Å²) in [5, 5.41) is 2.80. The first kappa shape index (κ1) is 17.8. The molecule has 1 N–H and O–H groups in total. The molecule has 1 heterocycles. The van der Waals surface area contributed by atoms with Gasteiger partial charge in [-0.25, -0.2) is 4.79 Å². The van der Waals surface area contributed by atoms with Gasteiger partial charge < -0.3 is 19.5 Å². The molecule has 3 rings (SSSR count). The van der Waals surface area contributed by atoms with E-state index in [1.807, 2.05) is 39.0 Å². The summed E-state index contributed by atoms with van der Waals surface area (Å²) in [4.78, 5) is 24.2. The molecule has 1 atom stereocenters. The average molecular weight is 355 g/mol. The number of hydrogen-bond donors (Lipinski definition) is 1. The highest BCUT2D eigenvalue weighted by Gasteiger charge is 2.17. The van der Waals surface area contributed by atoms with E-state index < -0.39 is 5.97 Å². The number of amides is 1. The molecule has 0 bridgehead atoms. The molecule has 0 saturated carbocycles. The Labute approximate surface area is 152 Å². The van der Waals surface area contributed by atoms with Crippen LogP contribution in [0.1, 0.15) is 40.0 Å². The van der Waals surface area contributed by atoms with Crippen molar-refractivity contribution in [2.24, 2.45) is 0 Å². The number of rotatable bonds is 5. The molecule has 0 aliphatic carbocycles. The van der Waals surface area contributed by atoms with Crippen LogP contribution in [0.15, 0.2) is 36.4 Å². The minimum Gasteiger partial charge on any atom is -0.454 e. The molecule has 2 aromatic rings. The number of aryl methyl sites for hydroxylation is 2. The topological polar surface area (TPSA) is 73.9 Å². The van der Waals surface area contributed by atoms with Crippen LogP contribution < -0.4 is 14.8 Å². The van der Waals surface area contributed by atoms with Crippen molar-refractivity contribution in [1.29, 1.82) is 0 Å². The Morgan fingerprint density at radius 3 is 2.50 bits per heavy atom. The monoisotopic (exact) mass is 355 g/mol. The van der Waals surface area contributed by atoms with E-state index in [1.165, 1.54) is 0 Å². The highest BCUT2D eigenvalue weighted by molar-refractivity contribution is 5.91. The van der Waals surface area contributed by atoms with Crippen LogP contribution in [-0.2, 0) is 9.53 Å². The molecule has 0 saturated heterocycles. The van der Waals surface area contributed by atoms with Crippen LogP contribution in [0.5, 0.6) is 11.5 Å². The fraction of sp³-hybridized carbons (Fsp3) is 0.300. The Bertz CT molecular complexity index is 826. The zero-order chi connectivity index (χ0) is 18.7. The van der Waals surface area contributed by atoms with Gasteiger partial charge in [-0.1, -0.05) is 23.3 Å². The summed E-state index contributed by atoms with van der Waals surface area (Å²) in [6.45, 7) is 5.53. The summed E-state index contributed by atoms with van der Waals surface area (Å²) in [5.41, 5.74) is 3.26. The number of carbonyl (C=O) groups is 2. The van der Waals surface area contributed by atoms with Crippen molar-refractivity contribution < 1.29 is 23.8 Å². The summed E-state index contributed by atoms with van der Waals surface area (Å²) in [5.74, 6) is 0.468. The van der Waals surface area contributed by atoms with E-state index in [4.69, 9.17) is 14.2 Å². The standard InChI is InChI=1S/C20H21NO5/c1-12-6-13(2)8-16(7-12)20(23)24-10-19(22)21-14(3)15-4-5-17-18(9-15)26-11-25-17/h4-9,14H,10-11H2,1-3H3,(H,21,22)/t14-/m0/s1. The first-order valence-electron chi connectivity index (χ1n) is 8.36. The van der Waals surface area contributed by atoms with Crippen LogP contribution in [0.3, 0.4) is 0 Å². The SMILES string of the molecule is Cc1cc(C)cc(C(=O)OCC(=O)N[C@@H](C)c2ccc3c(c2)OCO3)c1. The van der Waals surface area contributed by atoms with Crippen molar-refractivity contribution in [3.8, 4) is 11.5 Å². The average Bonchev–Trinajstić information content (AvgIpc) is 3.06. The van der Waals surface area contributed by atoms with Gasteiger partial charge >= 0.3 is 5.97 Å². The lowest BCUT2D eigenvalue weighted by molar-refractivity contribution is -0.124. The highest BCUT2D eigenvalue weighted by Crippen LogP contribution is 2.34. The zero-order valence-corrected chi connectivity index (χ0v) is 15.0. The van der Waals surface area contributed by atoms with Gasteiger partial charge in [0.1, 0.15) is 0 Å². The normalized spacial score (nSPS) is 13.2. The van der Waals surface area contributed by atoms with E-state index in [-0.39, 0.29) is 25.3 Å². The predicted molar refractivity (Wildman–Crippen MR) is 95.3 cm³/mol. The Balaban J connectivity index is 1.54. The molecule has 0 radical (unpaired) electrons. The lowest BCUT2D eigenvalue weighted by Gasteiger charge is -2.15. The van der Waals surface area contributed by atoms with Gasteiger partial charge in [0.05, 0.1) is 11.6 Å². The number of carbonyl (C=O) groups excluding carboxylic acids is 2. The van der Waals surface area contributed by atoms with Crippen molar-refractivity contribution in [3.63, 3.8) is 0 Å². The third kappa shape index (κ3) is 4.14. The molecule has 0 unspecified atom stereocenters. The van der Waals surface area contributed by atoms with Gasteiger partial charge in [0, 0.05) is 0 Å². The minimum atomic E-state index is -0.511. The van der Waals surface area contributed by atoms with E-state index in [0.29, 0.717) is 17.1 Å². The van der Waals surface area contributed by atoms with Crippen molar-refractivity contribution in [3.05, 3.63) is 58.7 Å². The molecule has 1 aliphatic rings. The molecule has 136 valence electrons. The summed E-state index contributed by atoms with van der Waals surface area (Å²) in [6.07, 6.45) is 0. The number of nitrogens with one attached hydrogen (secondary N) is 1. The van der Waals surface area contributed by atoms with E-state index >= 15 is 0 Å². The maximum Gasteiger partial charge on any atom is 0.338 e. The zero-order valence-electron chi connectivity index (χ0n) is 15.0. The lowest BCUT2D eigenvalue weighted by Crippen LogP contribution is -2.31. The minimum absolute atomic E-state index is 0.202. The van der Waals surface area contributed by atoms with Crippen LogP contribution >= 0.6 is 0 Å². The predicted octanol–water partition coefficient (Wildman–Crippen LogP) is 3.07. The molecule has 0 spiro atoms. The van der Waals surface area contributed by atoms with Crippen LogP contribution in [0.25, 0.3) is 0 Å². The lowest BCUT2D eigenvalue weighted by atomic mass is 10.1. The Morgan fingerprint density at radius 2 is 1.77 bits per heavy atom. The Hall–Kier alpha value is -3.02. The number of esters is 1. The maximum absolute atomic E-state index is 12.1. The first-order valence-corrected chi connectivity index (χ1v) is 8.36. The van der Waals surface area contributed by atoms with Gasteiger partial charge in [-0.15, -0.1) is 0 Å². The Morgan fingerprint density at radius 1 is 1.08 bits per heavy atom. The third-order valence-corrected chi connectivity index (χ3v) is 4.07. The molecule has 6 heteroatoms. The molecular formula is C20H21NO5. The van der Waals surface area contributed by atoms with E-state index in [0.717, 1.165) is 16.7 Å². The van der Waals surface area contributed by atoms with Crippen molar-refractivity contribution in [2.45, 2.75) is 26.8 Å². The van der Waals surface area contributed by atoms with Gasteiger partial charge in [-0.3, -0.25) is 4.79 Å². The van der Waals surface area contributed by atoms with E-state index in [1.54, 1.807) is 18.2 Å². The smallest absolute Gasteiger partial charge is 0.338 e. The highest BCUT2D eigenvalue weighted by atomic mass is 16.7. The molecule has 0 aromatic heterocycles. The van der Waals surface area contributed by atoms with E-state index in [2.05, 4.69) is 5.32 Å². The largest absolute Gasteiger partial charge is 0.454 e. The summed E-state index contributed by atoms with van der Waals surface area (Å²) in [6, 6.07) is 10.7. The fourth-order valence-corrected chi connectivity index (χ4v) is 2.86. The molecule has 26 heavy (non-hydrogen) atoms. The second kappa shape index (κ2) is 7.47.